The summed E-state index contributed by atoms with van der Waals surface area (Å²) in [5.41, 5.74) is 2.69. The number of nitrogens with zero attached hydrogens (tertiary/aromatic N) is 4. The van der Waals surface area contributed by atoms with Gasteiger partial charge in [-0.3, -0.25) is 0 Å². The first-order valence-electron chi connectivity index (χ1n) is 6.32. The maximum absolute atomic E-state index is 5.91. The summed E-state index contributed by atoms with van der Waals surface area (Å²) in [5.74, 6) is 0. The third-order valence-corrected chi connectivity index (χ3v) is 4.37. The first-order valence-corrected chi connectivity index (χ1v) is 7.11. The second-order valence-electron chi connectivity index (χ2n) is 4.97. The molecule has 1 fully saturated rings. The maximum Gasteiger partial charge on any atom is 0.119 e. The zero-order chi connectivity index (χ0) is 12.8. The van der Waals surface area contributed by atoms with Gasteiger partial charge in [-0.25, -0.2) is 4.68 Å². The van der Waals surface area contributed by atoms with Crippen molar-refractivity contribution >= 4 is 21.6 Å². The highest BCUT2D eigenvalue weighted by molar-refractivity contribution is 9.10. The maximum atomic E-state index is 5.91. The van der Waals surface area contributed by atoms with E-state index >= 15 is 0 Å². The van der Waals surface area contributed by atoms with Crippen LogP contribution in [0.3, 0.4) is 0 Å². The number of ether oxygens (including phenoxy) is 1. The van der Waals surface area contributed by atoms with Crippen molar-refractivity contribution in [1.82, 2.24) is 15.0 Å². The number of hydrogen-bond donors (Lipinski definition) is 0. The fourth-order valence-electron chi connectivity index (χ4n) is 2.99. The predicted molar refractivity (Wildman–Crippen MR) is 73.9 cm³/mol. The lowest BCUT2D eigenvalue weighted by molar-refractivity contribution is 0.0853. The monoisotopic (exact) mass is 320 g/mol. The van der Waals surface area contributed by atoms with Crippen molar-refractivity contribution in [3.8, 4) is 0 Å². The second-order valence-corrected chi connectivity index (χ2v) is 5.89. The molecule has 0 spiro atoms. The van der Waals surface area contributed by atoms with Crippen LogP contribution in [-0.2, 0) is 17.7 Å². The van der Waals surface area contributed by atoms with Crippen molar-refractivity contribution in [2.24, 2.45) is 0 Å². The zero-order valence-electron chi connectivity index (χ0n) is 10.2. The average molecular weight is 321 g/mol. The molecule has 1 unspecified atom stereocenters. The molecule has 0 N–H and O–H groups in total. The van der Waals surface area contributed by atoms with Gasteiger partial charge < -0.3 is 9.64 Å². The highest BCUT2D eigenvalue weighted by atomic mass is 79.9. The van der Waals surface area contributed by atoms with Crippen LogP contribution in [-0.4, -0.2) is 33.9 Å². The average Bonchev–Trinajstić information content (AvgIpc) is 3.07. The second kappa shape index (κ2) is 4.31. The van der Waals surface area contributed by atoms with E-state index in [9.17, 15) is 0 Å². The summed E-state index contributed by atoms with van der Waals surface area (Å²) in [6.45, 7) is 1.43. The lowest BCUT2D eigenvalue weighted by Crippen LogP contribution is -2.34. The Morgan fingerprint density at radius 3 is 3.21 bits per heavy atom. The van der Waals surface area contributed by atoms with Crippen molar-refractivity contribution in [2.45, 2.75) is 25.1 Å². The minimum Gasteiger partial charge on any atom is -0.354 e. The van der Waals surface area contributed by atoms with Gasteiger partial charge in [0.25, 0.3) is 0 Å². The van der Waals surface area contributed by atoms with E-state index in [0.29, 0.717) is 12.8 Å². The number of hydrogen-bond acceptors (Lipinski definition) is 4. The fourth-order valence-corrected chi connectivity index (χ4v) is 3.39. The first-order chi connectivity index (χ1) is 9.31. The molecular weight excluding hydrogens is 308 g/mol. The van der Waals surface area contributed by atoms with Gasteiger partial charge in [0, 0.05) is 16.4 Å². The first kappa shape index (κ1) is 11.4. The molecule has 2 aromatic rings. The van der Waals surface area contributed by atoms with E-state index in [1.54, 1.807) is 6.20 Å². The Morgan fingerprint density at radius 1 is 1.42 bits per heavy atom. The van der Waals surface area contributed by atoms with Crippen molar-refractivity contribution in [3.05, 3.63) is 40.6 Å². The van der Waals surface area contributed by atoms with Crippen LogP contribution in [0, 0.1) is 0 Å². The van der Waals surface area contributed by atoms with Gasteiger partial charge >= 0.3 is 0 Å². The van der Waals surface area contributed by atoms with Crippen LogP contribution in [0.1, 0.15) is 5.56 Å². The van der Waals surface area contributed by atoms with E-state index in [4.69, 9.17) is 4.74 Å². The molecule has 1 aromatic carbocycles. The van der Waals surface area contributed by atoms with Crippen molar-refractivity contribution in [2.75, 3.05) is 11.6 Å². The minimum absolute atomic E-state index is 0.174. The number of benzene rings is 1. The van der Waals surface area contributed by atoms with Crippen molar-refractivity contribution < 1.29 is 4.74 Å². The highest BCUT2D eigenvalue weighted by Gasteiger charge is 2.41. The number of aromatic nitrogens is 3. The molecule has 0 radical (unpaired) electrons. The topological polar surface area (TPSA) is 43.2 Å². The van der Waals surface area contributed by atoms with E-state index < -0.39 is 0 Å². The molecule has 2 aliphatic rings. The van der Waals surface area contributed by atoms with E-state index in [1.807, 2.05) is 10.9 Å². The van der Waals surface area contributed by atoms with Gasteiger partial charge in [-0.15, -0.1) is 5.10 Å². The Balaban J connectivity index is 1.59. The molecule has 19 heavy (non-hydrogen) atoms. The lowest BCUT2D eigenvalue weighted by atomic mass is 10.1. The number of rotatable bonds is 2. The van der Waals surface area contributed by atoms with Gasteiger partial charge in [-0.2, -0.15) is 0 Å². The molecule has 2 atom stereocenters. The SMILES string of the molecule is Brc1ccc2c(c1)CC1[C@H](Cn3ccnn3)OCN21. The van der Waals surface area contributed by atoms with Gasteiger partial charge in [0.05, 0.1) is 18.8 Å². The van der Waals surface area contributed by atoms with Gasteiger partial charge in [-0.05, 0) is 30.2 Å². The molecule has 1 aromatic heterocycles. The van der Waals surface area contributed by atoms with E-state index in [2.05, 4.69) is 49.3 Å². The molecule has 2 aliphatic heterocycles. The Hall–Kier alpha value is -1.40. The van der Waals surface area contributed by atoms with Gasteiger partial charge in [0.1, 0.15) is 12.8 Å². The standard InChI is InChI=1S/C13H13BrN4O/c14-10-1-2-11-9(5-10)6-12-13(19-8-18(11)12)7-17-4-3-15-16-17/h1-5,12-13H,6-8H2/t12?,13-/m0/s1. The zero-order valence-corrected chi connectivity index (χ0v) is 11.8. The van der Waals surface area contributed by atoms with Gasteiger partial charge in [-0.1, -0.05) is 21.1 Å². The molecular formula is C13H13BrN4O. The Bertz CT molecular complexity index is 601. The summed E-state index contributed by atoms with van der Waals surface area (Å²) < 4.78 is 8.89. The largest absolute Gasteiger partial charge is 0.354 e. The van der Waals surface area contributed by atoms with Crippen molar-refractivity contribution in [3.63, 3.8) is 0 Å². The van der Waals surface area contributed by atoms with Crippen LogP contribution in [0.5, 0.6) is 0 Å². The summed E-state index contributed by atoms with van der Waals surface area (Å²) in [4.78, 5) is 2.35. The molecule has 3 heterocycles. The molecule has 0 saturated carbocycles. The molecule has 1 saturated heterocycles. The Morgan fingerprint density at radius 2 is 2.37 bits per heavy atom. The molecule has 0 aliphatic carbocycles. The number of fused-ring (bicyclic) bond motifs is 3. The number of anilines is 1. The summed E-state index contributed by atoms with van der Waals surface area (Å²) in [7, 11) is 0. The summed E-state index contributed by atoms with van der Waals surface area (Å²) >= 11 is 3.54. The summed E-state index contributed by atoms with van der Waals surface area (Å²) in [6, 6.07) is 6.88. The van der Waals surface area contributed by atoms with Crippen LogP contribution < -0.4 is 4.90 Å². The van der Waals surface area contributed by atoms with E-state index in [0.717, 1.165) is 17.4 Å². The van der Waals surface area contributed by atoms with Crippen LogP contribution in [0.2, 0.25) is 0 Å². The van der Waals surface area contributed by atoms with E-state index in [-0.39, 0.29) is 6.10 Å². The Kier molecular flexibility index (Phi) is 2.60. The summed E-state index contributed by atoms with van der Waals surface area (Å²) in [5, 5.41) is 7.86. The molecule has 0 bridgehead atoms. The molecule has 4 rings (SSSR count). The third-order valence-electron chi connectivity index (χ3n) is 3.88. The normalized spacial score (nSPS) is 24.6. The van der Waals surface area contributed by atoms with Crippen LogP contribution in [0.4, 0.5) is 5.69 Å². The quantitative estimate of drug-likeness (QED) is 0.846. The predicted octanol–water partition coefficient (Wildman–Crippen LogP) is 1.83. The smallest absolute Gasteiger partial charge is 0.119 e. The summed E-state index contributed by atoms with van der Waals surface area (Å²) in [6.07, 6.45) is 4.79. The van der Waals surface area contributed by atoms with Gasteiger partial charge in [0.2, 0.25) is 0 Å². The fraction of sp³-hybridized carbons (Fsp3) is 0.385. The lowest BCUT2D eigenvalue weighted by Gasteiger charge is -2.19. The van der Waals surface area contributed by atoms with Crippen LogP contribution in [0.25, 0.3) is 0 Å². The number of halogens is 1. The highest BCUT2D eigenvalue weighted by Crippen LogP contribution is 2.39. The Labute approximate surface area is 119 Å². The molecule has 0 amide bonds. The van der Waals surface area contributed by atoms with Crippen LogP contribution >= 0.6 is 15.9 Å². The minimum atomic E-state index is 0.174. The molecule has 6 heteroatoms. The van der Waals surface area contributed by atoms with E-state index in [1.165, 1.54) is 11.3 Å². The van der Waals surface area contributed by atoms with Gasteiger partial charge in [0.15, 0.2) is 0 Å². The third kappa shape index (κ3) is 1.86. The van der Waals surface area contributed by atoms with Crippen molar-refractivity contribution in [1.29, 1.82) is 0 Å². The molecule has 98 valence electrons. The molecule has 5 nitrogen and oxygen atoms in total. The van der Waals surface area contributed by atoms with Crippen LogP contribution in [0.15, 0.2) is 35.1 Å².